The van der Waals surface area contributed by atoms with Gasteiger partial charge in [0, 0.05) is 9.79 Å². The maximum atomic E-state index is 12.9. The first-order valence-corrected chi connectivity index (χ1v) is 13.5. The van der Waals surface area contributed by atoms with E-state index >= 15 is 0 Å². The van der Waals surface area contributed by atoms with Gasteiger partial charge in [-0.25, -0.2) is 4.21 Å². The topological polar surface area (TPSA) is 35.5 Å². The van der Waals surface area contributed by atoms with Gasteiger partial charge < -0.3 is 9.47 Å². The Morgan fingerprint density at radius 2 is 0.969 bits per heavy atom. The Bertz CT molecular complexity index is 701. The van der Waals surface area contributed by atoms with Gasteiger partial charge >= 0.3 is 0 Å². The zero-order valence-electron chi connectivity index (χ0n) is 20.5. The highest BCUT2D eigenvalue weighted by atomic mass is 32.2. The van der Waals surface area contributed by atoms with E-state index in [-0.39, 0.29) is 0 Å². The van der Waals surface area contributed by atoms with Gasteiger partial charge in [-0.3, -0.25) is 0 Å². The summed E-state index contributed by atoms with van der Waals surface area (Å²) in [7, 11) is -1.20. The molecule has 0 radical (unpaired) electrons. The number of hydrogen-bond acceptors (Lipinski definition) is 3. The lowest BCUT2D eigenvalue weighted by molar-refractivity contribution is 0.303. The van der Waals surface area contributed by atoms with Crippen molar-refractivity contribution in [2.45, 2.75) is 88.9 Å². The first kappa shape index (κ1) is 26.4. The average molecular weight is 459 g/mol. The fourth-order valence-electron chi connectivity index (χ4n) is 3.50. The van der Waals surface area contributed by atoms with Crippen LogP contribution in [0.3, 0.4) is 0 Å². The first-order chi connectivity index (χ1) is 15.5. The summed E-state index contributed by atoms with van der Waals surface area (Å²) in [6, 6.07) is 15.2. The fourth-order valence-corrected chi connectivity index (χ4v) is 4.54. The summed E-state index contributed by atoms with van der Waals surface area (Å²) in [5.74, 6) is 3.23. The van der Waals surface area contributed by atoms with E-state index in [0.29, 0.717) is 0 Å². The van der Waals surface area contributed by atoms with Crippen LogP contribution in [0.1, 0.15) is 79.1 Å². The number of unbranched alkanes of at least 4 members (excludes halogenated alkanes) is 4. The van der Waals surface area contributed by atoms with E-state index in [0.717, 1.165) is 59.2 Å². The second-order valence-electron chi connectivity index (χ2n) is 9.39. The van der Waals surface area contributed by atoms with E-state index in [2.05, 4.69) is 27.7 Å². The fraction of sp³-hybridized carbons (Fsp3) is 0.571. The van der Waals surface area contributed by atoms with Gasteiger partial charge in [-0.2, -0.15) is 0 Å². The molecule has 178 valence electrons. The number of hydrogen-bond donors (Lipinski definition) is 0. The van der Waals surface area contributed by atoms with E-state index in [4.69, 9.17) is 9.47 Å². The van der Waals surface area contributed by atoms with Gasteiger partial charge in [0.25, 0.3) is 0 Å². The largest absolute Gasteiger partial charge is 0.494 e. The van der Waals surface area contributed by atoms with Crippen molar-refractivity contribution in [2.75, 3.05) is 13.2 Å². The van der Waals surface area contributed by atoms with E-state index in [1.165, 1.54) is 38.5 Å². The van der Waals surface area contributed by atoms with E-state index in [1.54, 1.807) is 0 Å². The first-order valence-electron chi connectivity index (χ1n) is 12.3. The summed E-state index contributed by atoms with van der Waals surface area (Å²) in [5.41, 5.74) is 0. The van der Waals surface area contributed by atoms with Gasteiger partial charge in [0.2, 0.25) is 0 Å². The quantitative estimate of drug-likeness (QED) is 0.239. The summed E-state index contributed by atoms with van der Waals surface area (Å²) in [5, 5.41) is 0. The molecule has 4 heteroatoms. The molecule has 2 aromatic rings. The van der Waals surface area contributed by atoms with E-state index < -0.39 is 10.8 Å². The molecule has 2 rings (SSSR count). The summed E-state index contributed by atoms with van der Waals surface area (Å²) in [4.78, 5) is 1.57. The molecule has 0 bridgehead atoms. The Hall–Kier alpha value is -1.81. The maximum Gasteiger partial charge on any atom is 0.119 e. The molecule has 0 aliphatic carbocycles. The third kappa shape index (κ3) is 10.7. The van der Waals surface area contributed by atoms with Crippen molar-refractivity contribution in [1.82, 2.24) is 0 Å². The summed E-state index contributed by atoms with van der Waals surface area (Å²) >= 11 is 0. The highest BCUT2D eigenvalue weighted by Gasteiger charge is 2.08. The van der Waals surface area contributed by atoms with E-state index in [9.17, 15) is 4.21 Å². The Balaban J connectivity index is 1.71. The van der Waals surface area contributed by atoms with Crippen molar-refractivity contribution in [3.63, 3.8) is 0 Å². The molecule has 3 nitrogen and oxygen atoms in total. The Morgan fingerprint density at radius 3 is 1.31 bits per heavy atom. The van der Waals surface area contributed by atoms with Crippen LogP contribution in [-0.2, 0) is 10.8 Å². The molecule has 0 aliphatic heterocycles. The van der Waals surface area contributed by atoms with Crippen LogP contribution in [0.15, 0.2) is 58.3 Å². The Kier molecular flexibility index (Phi) is 12.5. The molecule has 0 heterocycles. The smallest absolute Gasteiger partial charge is 0.119 e. The van der Waals surface area contributed by atoms with Gasteiger partial charge in [-0.05, 0) is 73.2 Å². The normalized spacial score (nSPS) is 11.5. The third-order valence-corrected chi connectivity index (χ3v) is 6.87. The van der Waals surface area contributed by atoms with Crippen molar-refractivity contribution in [3.8, 4) is 11.5 Å². The van der Waals surface area contributed by atoms with Crippen LogP contribution < -0.4 is 9.47 Å². The zero-order valence-corrected chi connectivity index (χ0v) is 21.3. The second kappa shape index (κ2) is 15.1. The van der Waals surface area contributed by atoms with Crippen LogP contribution in [0.4, 0.5) is 0 Å². The van der Waals surface area contributed by atoms with Gasteiger partial charge in [0.15, 0.2) is 0 Å². The Morgan fingerprint density at radius 1 is 0.594 bits per heavy atom. The Labute approximate surface area is 198 Å². The van der Waals surface area contributed by atoms with Crippen molar-refractivity contribution in [3.05, 3.63) is 48.5 Å². The molecule has 0 N–H and O–H groups in total. The number of ether oxygens (including phenoxy) is 2. The second-order valence-corrected chi connectivity index (χ2v) is 10.9. The van der Waals surface area contributed by atoms with Crippen LogP contribution in [0.25, 0.3) is 0 Å². The van der Waals surface area contributed by atoms with Crippen LogP contribution >= 0.6 is 0 Å². The maximum absolute atomic E-state index is 12.9. The minimum absolute atomic E-state index is 0.736. The lowest BCUT2D eigenvalue weighted by Gasteiger charge is -2.09. The predicted octanol–water partition coefficient (Wildman–Crippen LogP) is 8.04. The third-order valence-electron chi connectivity index (χ3n) is 5.46. The van der Waals surface area contributed by atoms with Gasteiger partial charge in [0.05, 0.1) is 24.0 Å². The molecule has 0 aromatic heterocycles. The van der Waals surface area contributed by atoms with Crippen molar-refractivity contribution in [2.24, 2.45) is 11.8 Å². The minimum atomic E-state index is -1.20. The SMILES string of the molecule is CC(C)CCCCCOc1ccc(S(=O)c2ccc(OCCCCCC(C)C)cc2)cc1. The van der Waals surface area contributed by atoms with Crippen LogP contribution in [0.2, 0.25) is 0 Å². The van der Waals surface area contributed by atoms with Gasteiger partial charge in [-0.15, -0.1) is 0 Å². The monoisotopic (exact) mass is 458 g/mol. The summed E-state index contributed by atoms with van der Waals surface area (Å²) in [6.07, 6.45) is 9.66. The predicted molar refractivity (Wildman–Crippen MR) is 135 cm³/mol. The molecule has 0 amide bonds. The minimum Gasteiger partial charge on any atom is -0.494 e. The molecule has 0 unspecified atom stereocenters. The van der Waals surface area contributed by atoms with Crippen molar-refractivity contribution < 1.29 is 13.7 Å². The van der Waals surface area contributed by atoms with Crippen molar-refractivity contribution in [1.29, 1.82) is 0 Å². The molecule has 32 heavy (non-hydrogen) atoms. The molecule has 2 aromatic carbocycles. The van der Waals surface area contributed by atoms with Crippen LogP contribution in [0, 0.1) is 11.8 Å². The summed E-state index contributed by atoms with van der Waals surface area (Å²) in [6.45, 7) is 10.5. The number of benzene rings is 2. The zero-order chi connectivity index (χ0) is 23.2. The molecule has 0 aliphatic rings. The molecular weight excluding hydrogens is 416 g/mol. The highest BCUT2D eigenvalue weighted by Crippen LogP contribution is 2.22. The molecule has 0 spiro atoms. The number of rotatable bonds is 16. The lowest BCUT2D eigenvalue weighted by Crippen LogP contribution is -1.99. The van der Waals surface area contributed by atoms with Crippen LogP contribution in [-0.4, -0.2) is 17.4 Å². The molecule has 0 fully saturated rings. The molecular formula is C28H42O3S. The molecule has 0 saturated heterocycles. The van der Waals surface area contributed by atoms with Crippen LogP contribution in [0.5, 0.6) is 11.5 Å². The summed E-state index contributed by atoms with van der Waals surface area (Å²) < 4.78 is 24.5. The lowest BCUT2D eigenvalue weighted by atomic mass is 10.1. The highest BCUT2D eigenvalue weighted by molar-refractivity contribution is 7.85. The standard InChI is InChI=1S/C28H42O3S/c1-23(2)11-7-5-9-21-30-25-13-17-27(18-14-25)32(29)28-19-15-26(16-20-28)31-22-10-6-8-12-24(3)4/h13-20,23-24H,5-12,21-22H2,1-4H3. The van der Waals surface area contributed by atoms with E-state index in [1.807, 2.05) is 48.5 Å². The van der Waals surface area contributed by atoms with Gasteiger partial charge in [-0.1, -0.05) is 66.2 Å². The molecule has 0 saturated carbocycles. The molecule has 0 atom stereocenters. The van der Waals surface area contributed by atoms with Crippen molar-refractivity contribution >= 4 is 10.8 Å². The average Bonchev–Trinajstić information content (AvgIpc) is 2.78. The van der Waals surface area contributed by atoms with Gasteiger partial charge in [0.1, 0.15) is 11.5 Å².